The number of unbranched alkanes of at least 4 members (excludes halogenated alkanes) is 11. The predicted molar refractivity (Wildman–Crippen MR) is 313 cm³/mol. The van der Waals surface area contributed by atoms with E-state index in [0.29, 0.717) is 25.7 Å². The molecular formula is C62H102O14S. The maximum absolute atomic E-state index is 10.6. The molecule has 0 aromatic heterocycles. The number of carboxylic acid groups (broad SMARTS) is 3. The molecule has 77 heavy (non-hydrogen) atoms. The molecule has 0 radical (unpaired) electrons. The van der Waals surface area contributed by atoms with Crippen LogP contribution in [0.2, 0.25) is 0 Å². The molecule has 3 aromatic carbocycles. The molecule has 0 aliphatic carbocycles. The van der Waals surface area contributed by atoms with Crippen LogP contribution in [0.15, 0.2) is 36.4 Å². The molecule has 0 saturated carbocycles. The molecule has 0 amide bonds. The second kappa shape index (κ2) is 38.0. The Morgan fingerprint density at radius 3 is 0.818 bits per heavy atom. The number of aryl methyl sites for hydroxylation is 6. The van der Waals surface area contributed by atoms with Crippen molar-refractivity contribution in [1.82, 2.24) is 0 Å². The minimum absolute atomic E-state index is 0.0390. The van der Waals surface area contributed by atoms with Crippen LogP contribution in [0.5, 0.6) is 17.2 Å². The average molecular weight is 1100 g/mol. The molecule has 0 atom stereocenters. The number of rotatable bonds is 26. The van der Waals surface area contributed by atoms with Gasteiger partial charge in [0, 0.05) is 25.7 Å². The van der Waals surface area contributed by atoms with E-state index in [1.807, 2.05) is 101 Å². The zero-order chi connectivity index (χ0) is 59.7. The number of hydrogen-bond donors (Lipinski definition) is 11. The predicted octanol–water partition coefficient (Wildman–Crippen LogP) is 12.5. The van der Waals surface area contributed by atoms with Gasteiger partial charge in [0.15, 0.2) is 5.12 Å². The van der Waals surface area contributed by atoms with Crippen molar-refractivity contribution in [3.63, 3.8) is 0 Å². The topological polar surface area (TPSA) is 271 Å². The number of benzene rings is 3. The van der Waals surface area contributed by atoms with Gasteiger partial charge in [0.2, 0.25) is 0 Å². The Morgan fingerprint density at radius 1 is 0.403 bits per heavy atom. The van der Waals surface area contributed by atoms with Crippen molar-refractivity contribution < 1.29 is 70.2 Å². The number of carbonyl (C=O) groups is 4. The molecule has 0 bridgehead atoms. The maximum Gasteiger partial charge on any atom is 0.303 e. The average Bonchev–Trinajstić information content (AvgIpc) is 3.31. The summed E-state index contributed by atoms with van der Waals surface area (Å²) in [6.07, 6.45) is 18.6. The summed E-state index contributed by atoms with van der Waals surface area (Å²) >= 11 is 3.77. The Kier molecular flexibility index (Phi) is 36.7. The molecule has 14 nitrogen and oxygen atoms in total. The standard InChI is InChI=1S/C15H30OS.3C14H20O3.C5H12O4/c1-2-3-4-5-6-7-8-9-10-11-12-13-14-15(16)17;3*1-9-7-12(15)11(14(2,3)4)8-10(9)5-6-13(16)17;6-1-5(2-7,3-8)4-9/h2-14H2,1H3,(H,16,17);3*7-8,15H,5-6H2,1-4H3,(H,16,17);6-9H,1-4H2. The van der Waals surface area contributed by atoms with Crippen molar-refractivity contribution in [3.8, 4) is 17.2 Å². The molecule has 0 heterocycles. The van der Waals surface area contributed by atoms with Crippen LogP contribution in [-0.2, 0) is 54.7 Å². The Balaban J connectivity index is 0. The summed E-state index contributed by atoms with van der Waals surface area (Å²) < 4.78 is 0. The number of phenols is 3. The molecule has 0 unspecified atom stereocenters. The SMILES string of the molecule is CCCCCCCCCCCCCCC(=O)S.Cc1cc(O)c(C(C)(C)C)cc1CCC(=O)O.Cc1cc(O)c(C(C)(C)C)cc1CCC(=O)O.Cc1cc(O)c(C(C)(C)C)cc1CCC(=O)O.OCC(CO)(CO)CO. The fourth-order valence-electron chi connectivity index (χ4n) is 7.96. The van der Waals surface area contributed by atoms with Gasteiger partial charge in [-0.2, -0.15) is 0 Å². The van der Waals surface area contributed by atoms with Crippen molar-refractivity contribution in [2.24, 2.45) is 5.41 Å². The Hall–Kier alpha value is -4.67. The first kappa shape index (κ1) is 74.4. The minimum Gasteiger partial charge on any atom is -0.508 e. The van der Waals surface area contributed by atoms with Crippen LogP contribution in [0.3, 0.4) is 0 Å². The van der Waals surface area contributed by atoms with E-state index in [1.54, 1.807) is 18.2 Å². The van der Waals surface area contributed by atoms with Crippen LogP contribution in [0.25, 0.3) is 0 Å². The maximum atomic E-state index is 10.6. The highest BCUT2D eigenvalue weighted by molar-refractivity contribution is 7.96. The third-order valence-electron chi connectivity index (χ3n) is 13.2. The van der Waals surface area contributed by atoms with Gasteiger partial charge in [0.1, 0.15) is 17.2 Å². The van der Waals surface area contributed by atoms with Gasteiger partial charge in [0.05, 0.1) is 31.8 Å². The number of aliphatic carboxylic acids is 3. The van der Waals surface area contributed by atoms with E-state index in [1.165, 1.54) is 70.6 Å². The van der Waals surface area contributed by atoms with Gasteiger partial charge >= 0.3 is 17.9 Å². The van der Waals surface area contributed by atoms with Gasteiger partial charge < -0.3 is 51.1 Å². The summed E-state index contributed by atoms with van der Waals surface area (Å²) in [5.74, 6) is -1.53. The number of aromatic hydroxyl groups is 3. The molecule has 3 rings (SSSR count). The Bertz CT molecular complexity index is 1980. The van der Waals surface area contributed by atoms with Gasteiger partial charge in [-0.3, -0.25) is 19.2 Å². The van der Waals surface area contributed by atoms with Crippen molar-refractivity contribution >= 4 is 35.7 Å². The normalized spacial score (nSPS) is 11.4. The van der Waals surface area contributed by atoms with E-state index >= 15 is 0 Å². The van der Waals surface area contributed by atoms with Crippen LogP contribution < -0.4 is 0 Å². The summed E-state index contributed by atoms with van der Waals surface area (Å²) in [5.41, 5.74) is 6.86. The molecule has 0 saturated heterocycles. The van der Waals surface area contributed by atoms with E-state index in [9.17, 15) is 34.5 Å². The molecule has 15 heteroatoms. The molecule has 3 aromatic rings. The lowest BCUT2D eigenvalue weighted by atomic mass is 9.84. The van der Waals surface area contributed by atoms with Gasteiger partial charge in [-0.15, -0.1) is 12.6 Å². The highest BCUT2D eigenvalue weighted by Gasteiger charge is 2.27. The van der Waals surface area contributed by atoms with Gasteiger partial charge in [0.25, 0.3) is 0 Å². The first-order valence-corrected chi connectivity index (χ1v) is 27.9. The van der Waals surface area contributed by atoms with Crippen molar-refractivity contribution in [1.29, 1.82) is 0 Å². The van der Waals surface area contributed by atoms with Gasteiger partial charge in [-0.25, -0.2) is 0 Å². The number of hydrogen-bond acceptors (Lipinski definition) is 11. The second-order valence-electron chi connectivity index (χ2n) is 23.5. The third-order valence-corrected chi connectivity index (χ3v) is 13.4. The molecule has 0 fully saturated rings. The van der Waals surface area contributed by atoms with Crippen LogP contribution in [0.4, 0.5) is 0 Å². The first-order valence-electron chi connectivity index (χ1n) is 27.5. The number of aliphatic hydroxyl groups is 4. The summed E-state index contributed by atoms with van der Waals surface area (Å²) in [4.78, 5) is 42.3. The summed E-state index contributed by atoms with van der Waals surface area (Å²) in [6.45, 7) is 24.6. The zero-order valence-electron chi connectivity index (χ0n) is 49.3. The van der Waals surface area contributed by atoms with E-state index < -0.39 is 49.8 Å². The zero-order valence-corrected chi connectivity index (χ0v) is 50.2. The molecule has 0 spiro atoms. The van der Waals surface area contributed by atoms with E-state index in [4.69, 9.17) is 35.7 Å². The highest BCUT2D eigenvalue weighted by atomic mass is 32.1. The fraction of sp³-hybridized carbons (Fsp3) is 0.645. The highest BCUT2D eigenvalue weighted by Crippen LogP contribution is 2.35. The summed E-state index contributed by atoms with van der Waals surface area (Å²) in [7, 11) is 0. The third kappa shape index (κ3) is 32.7. The quantitative estimate of drug-likeness (QED) is 0.0264. The number of aliphatic hydroxyl groups excluding tert-OH is 4. The van der Waals surface area contributed by atoms with Crippen molar-refractivity contribution in [3.05, 3.63) is 86.5 Å². The van der Waals surface area contributed by atoms with E-state index in [2.05, 4.69) is 19.6 Å². The monoisotopic (exact) mass is 1100 g/mol. The first-order chi connectivity index (χ1) is 35.7. The molecule has 0 aliphatic heterocycles. The largest absolute Gasteiger partial charge is 0.508 e. The van der Waals surface area contributed by atoms with Crippen LogP contribution in [0, 0.1) is 26.2 Å². The van der Waals surface area contributed by atoms with Gasteiger partial charge in [-0.1, -0.05) is 158 Å². The van der Waals surface area contributed by atoms with Gasteiger partial charge in [-0.05, 0) is 131 Å². The van der Waals surface area contributed by atoms with Crippen molar-refractivity contribution in [2.75, 3.05) is 26.4 Å². The van der Waals surface area contributed by atoms with Crippen LogP contribution in [0.1, 0.15) is 222 Å². The van der Waals surface area contributed by atoms with E-state index in [0.717, 1.165) is 56.5 Å². The molecule has 0 aliphatic rings. The summed E-state index contributed by atoms with van der Waals surface area (Å²) in [6, 6.07) is 10.9. The van der Waals surface area contributed by atoms with Crippen LogP contribution >= 0.6 is 12.6 Å². The lowest BCUT2D eigenvalue weighted by Gasteiger charge is -2.23. The minimum atomic E-state index is -1.11. The Morgan fingerprint density at radius 2 is 0.636 bits per heavy atom. The smallest absolute Gasteiger partial charge is 0.303 e. The number of carboxylic acids is 3. The second-order valence-corrected chi connectivity index (χ2v) is 24.0. The molecular weight excluding hydrogens is 1000 g/mol. The lowest BCUT2D eigenvalue weighted by Crippen LogP contribution is -2.37. The van der Waals surface area contributed by atoms with E-state index in [-0.39, 0.29) is 57.9 Å². The molecule has 440 valence electrons. The van der Waals surface area contributed by atoms with Crippen molar-refractivity contribution in [2.45, 2.75) is 228 Å². The number of phenolic OH excluding ortho intramolecular Hbond substituents is 3. The molecule has 10 N–H and O–H groups in total. The lowest BCUT2D eigenvalue weighted by molar-refractivity contribution is -0.138. The fourth-order valence-corrected chi connectivity index (χ4v) is 8.12. The Labute approximate surface area is 467 Å². The van der Waals surface area contributed by atoms with Crippen LogP contribution in [-0.4, -0.2) is 101 Å². The summed E-state index contributed by atoms with van der Waals surface area (Å²) in [5, 5.41) is 89.9. The number of carbonyl (C=O) groups excluding carboxylic acids is 1. The number of thiol groups is 1.